The molecule has 2 saturated heterocycles. The van der Waals surface area contributed by atoms with E-state index in [1.165, 1.54) is 0 Å². The van der Waals surface area contributed by atoms with E-state index in [0.717, 1.165) is 12.2 Å². The van der Waals surface area contributed by atoms with Crippen LogP contribution >= 0.6 is 0 Å². The van der Waals surface area contributed by atoms with Gasteiger partial charge in [0.05, 0.1) is 26.4 Å². The van der Waals surface area contributed by atoms with Gasteiger partial charge in [-0.25, -0.2) is 9.59 Å². The first-order valence-electron chi connectivity index (χ1n) is 6.60. The van der Waals surface area contributed by atoms with Crippen LogP contribution in [0, 0.1) is 0 Å². The summed E-state index contributed by atoms with van der Waals surface area (Å²) in [6.45, 7) is 8.39. The van der Waals surface area contributed by atoms with Crippen molar-refractivity contribution in [3.05, 3.63) is 25.3 Å². The van der Waals surface area contributed by atoms with Crippen LogP contribution < -0.4 is 0 Å². The molecule has 0 aliphatic carbocycles. The predicted octanol–water partition coefficient (Wildman–Crippen LogP) is -0.800. The second kappa shape index (κ2) is 13.0. The lowest BCUT2D eigenvalue weighted by Crippen LogP contribution is -2.06. The maximum Gasteiger partial charge on any atom is 0.330 e. The second-order valence-electron chi connectivity index (χ2n) is 4.03. The van der Waals surface area contributed by atoms with Gasteiger partial charge in [-0.05, 0) is 0 Å². The van der Waals surface area contributed by atoms with Gasteiger partial charge in [0.2, 0.25) is 0 Å². The molecule has 0 saturated carbocycles. The van der Waals surface area contributed by atoms with Gasteiger partial charge in [-0.1, -0.05) is 13.2 Å². The Kier molecular flexibility index (Phi) is 11.9. The Morgan fingerprint density at radius 2 is 1.27 bits per heavy atom. The third-order valence-corrected chi connectivity index (χ3v) is 2.06. The van der Waals surface area contributed by atoms with Gasteiger partial charge in [0.25, 0.3) is 0 Å². The summed E-state index contributed by atoms with van der Waals surface area (Å²) < 4.78 is 18.8. The maximum absolute atomic E-state index is 10.3. The molecule has 2 unspecified atom stereocenters. The van der Waals surface area contributed by atoms with Gasteiger partial charge in [-0.15, -0.1) is 0 Å². The van der Waals surface area contributed by atoms with Crippen LogP contribution in [-0.4, -0.2) is 74.0 Å². The van der Waals surface area contributed by atoms with Crippen LogP contribution in [0.1, 0.15) is 0 Å². The van der Waals surface area contributed by atoms with Crippen LogP contribution in [-0.2, 0) is 28.5 Å². The van der Waals surface area contributed by atoms with Crippen LogP contribution in [0.25, 0.3) is 0 Å². The van der Waals surface area contributed by atoms with Crippen molar-refractivity contribution in [1.82, 2.24) is 0 Å². The summed E-state index contributed by atoms with van der Waals surface area (Å²) in [7, 11) is 0. The minimum absolute atomic E-state index is 0.125. The first kappa shape index (κ1) is 20.3. The molecule has 2 rings (SSSR count). The molecule has 0 aromatic carbocycles. The molecule has 2 heterocycles. The lowest BCUT2D eigenvalue weighted by molar-refractivity contribution is -0.139. The predicted molar refractivity (Wildman–Crippen MR) is 76.0 cm³/mol. The third kappa shape index (κ3) is 14.7. The first-order valence-corrected chi connectivity index (χ1v) is 6.60. The number of hydrogen-bond donors (Lipinski definition) is 2. The van der Waals surface area contributed by atoms with Gasteiger partial charge < -0.3 is 29.2 Å². The fraction of sp³-hybridized carbons (Fsp3) is 0.571. The lowest BCUT2D eigenvalue weighted by Gasteiger charge is -1.94. The first-order chi connectivity index (χ1) is 10.6. The van der Waals surface area contributed by atoms with E-state index in [1.807, 2.05) is 0 Å². The average Bonchev–Trinajstić information content (AvgIpc) is 3.44. The van der Waals surface area contributed by atoms with E-state index in [4.69, 9.17) is 19.7 Å². The van der Waals surface area contributed by atoms with E-state index in [0.29, 0.717) is 26.4 Å². The number of aliphatic hydroxyl groups is 2. The molecule has 2 aliphatic heterocycles. The number of rotatable bonds is 7. The quantitative estimate of drug-likeness (QED) is 0.356. The van der Waals surface area contributed by atoms with Crippen molar-refractivity contribution in [2.75, 3.05) is 39.6 Å². The van der Waals surface area contributed by atoms with E-state index in [-0.39, 0.29) is 37.4 Å². The molecule has 0 aromatic heterocycles. The Hall–Kier alpha value is -1.74. The lowest BCUT2D eigenvalue weighted by atomic mass is 10.5. The molecule has 0 bridgehead atoms. The standard InChI is InChI=1S/2C6H8O3.C2H6O2/c2*1-2-6(7)9-4-5-3-8-5;3-1-2-4/h2*2,5H,1,3-4H2;3-4H,1-2H2. The fourth-order valence-corrected chi connectivity index (χ4v) is 0.797. The molecule has 8 heteroatoms. The molecule has 2 N–H and O–H groups in total. The van der Waals surface area contributed by atoms with E-state index in [9.17, 15) is 9.59 Å². The van der Waals surface area contributed by atoms with E-state index < -0.39 is 0 Å². The van der Waals surface area contributed by atoms with E-state index in [1.54, 1.807) is 0 Å². The van der Waals surface area contributed by atoms with Gasteiger partial charge >= 0.3 is 11.9 Å². The summed E-state index contributed by atoms with van der Waals surface area (Å²) in [4.78, 5) is 20.7. The molecule has 2 fully saturated rings. The summed E-state index contributed by atoms with van der Waals surface area (Å²) in [5.41, 5.74) is 0. The van der Waals surface area contributed by atoms with Crippen LogP contribution in [0.4, 0.5) is 0 Å². The van der Waals surface area contributed by atoms with Gasteiger partial charge in [-0.2, -0.15) is 0 Å². The molecule has 0 spiro atoms. The van der Waals surface area contributed by atoms with Crippen LogP contribution in [0.3, 0.4) is 0 Å². The van der Waals surface area contributed by atoms with Gasteiger partial charge in [-0.3, -0.25) is 0 Å². The van der Waals surface area contributed by atoms with Crippen LogP contribution in [0.15, 0.2) is 25.3 Å². The smallest absolute Gasteiger partial charge is 0.330 e. The number of carbonyl (C=O) groups excluding carboxylic acids is 2. The number of epoxide rings is 2. The zero-order valence-electron chi connectivity index (χ0n) is 12.3. The Morgan fingerprint density at radius 3 is 1.45 bits per heavy atom. The zero-order valence-corrected chi connectivity index (χ0v) is 12.3. The normalized spacial score (nSPS) is 20.1. The van der Waals surface area contributed by atoms with Crippen LogP contribution in [0.5, 0.6) is 0 Å². The highest BCUT2D eigenvalue weighted by atomic mass is 16.6. The third-order valence-electron chi connectivity index (χ3n) is 2.06. The molecule has 0 aromatic rings. The highest BCUT2D eigenvalue weighted by Gasteiger charge is 2.24. The number of ether oxygens (including phenoxy) is 4. The SMILES string of the molecule is C=CC(=O)OCC1CO1.C=CC(=O)OCC1CO1.OCCO. The van der Waals surface area contributed by atoms with E-state index in [2.05, 4.69) is 22.6 Å². The van der Waals surface area contributed by atoms with Gasteiger partial charge in [0.15, 0.2) is 0 Å². The molecule has 8 nitrogen and oxygen atoms in total. The van der Waals surface area contributed by atoms with Crippen molar-refractivity contribution in [2.45, 2.75) is 12.2 Å². The summed E-state index contributed by atoms with van der Waals surface area (Å²) in [6.07, 6.45) is 2.58. The Morgan fingerprint density at radius 1 is 0.955 bits per heavy atom. The van der Waals surface area contributed by atoms with Crippen molar-refractivity contribution in [1.29, 1.82) is 0 Å². The summed E-state index contributed by atoms with van der Waals surface area (Å²) in [5, 5.41) is 15.2. The Bertz CT molecular complexity index is 313. The summed E-state index contributed by atoms with van der Waals surface area (Å²) >= 11 is 0. The largest absolute Gasteiger partial charge is 0.460 e. The molecule has 0 radical (unpaired) electrons. The van der Waals surface area contributed by atoms with E-state index >= 15 is 0 Å². The molecule has 22 heavy (non-hydrogen) atoms. The highest BCUT2D eigenvalue weighted by molar-refractivity contribution is 5.81. The van der Waals surface area contributed by atoms with Crippen molar-refractivity contribution in [3.8, 4) is 0 Å². The van der Waals surface area contributed by atoms with Crippen molar-refractivity contribution in [2.24, 2.45) is 0 Å². The van der Waals surface area contributed by atoms with Crippen molar-refractivity contribution >= 4 is 11.9 Å². The van der Waals surface area contributed by atoms with Gasteiger partial charge in [0, 0.05) is 12.2 Å². The van der Waals surface area contributed by atoms with Crippen molar-refractivity contribution in [3.63, 3.8) is 0 Å². The Balaban J connectivity index is 0.000000326. The number of carbonyl (C=O) groups is 2. The molecular weight excluding hydrogens is 296 g/mol. The maximum atomic E-state index is 10.3. The highest BCUT2D eigenvalue weighted by Crippen LogP contribution is 2.08. The number of aliphatic hydroxyl groups excluding tert-OH is 2. The molecule has 2 atom stereocenters. The summed E-state index contributed by atoms with van der Waals surface area (Å²) in [5.74, 6) is -0.768. The monoisotopic (exact) mass is 318 g/mol. The molecule has 126 valence electrons. The topological polar surface area (TPSA) is 118 Å². The number of hydrogen-bond acceptors (Lipinski definition) is 8. The number of esters is 2. The summed E-state index contributed by atoms with van der Waals surface area (Å²) in [6, 6.07) is 0. The van der Waals surface area contributed by atoms with Crippen LogP contribution in [0.2, 0.25) is 0 Å². The average molecular weight is 318 g/mol. The Labute approximate surface area is 128 Å². The second-order valence-corrected chi connectivity index (χ2v) is 4.03. The molecule has 0 amide bonds. The zero-order chi connectivity index (χ0) is 16.8. The minimum Gasteiger partial charge on any atom is -0.460 e. The minimum atomic E-state index is -0.384. The van der Waals surface area contributed by atoms with Crippen molar-refractivity contribution < 1.29 is 38.7 Å². The molecular formula is C14H22O8. The molecule has 2 aliphatic rings. The fourth-order valence-electron chi connectivity index (χ4n) is 0.797. The van der Waals surface area contributed by atoms with Gasteiger partial charge in [0.1, 0.15) is 25.4 Å².